The van der Waals surface area contributed by atoms with Gasteiger partial charge in [-0.2, -0.15) is 0 Å². The highest BCUT2D eigenvalue weighted by molar-refractivity contribution is 6.04. The number of anilines is 1. The van der Waals surface area contributed by atoms with Gasteiger partial charge < -0.3 is 11.1 Å². The second kappa shape index (κ2) is 6.10. The van der Waals surface area contributed by atoms with Crippen molar-refractivity contribution in [3.63, 3.8) is 0 Å². The molecule has 0 unspecified atom stereocenters. The van der Waals surface area contributed by atoms with E-state index in [4.69, 9.17) is 5.73 Å². The summed E-state index contributed by atoms with van der Waals surface area (Å²) in [7, 11) is 0. The van der Waals surface area contributed by atoms with Crippen LogP contribution in [0.4, 0.5) is 5.82 Å². The third-order valence-corrected chi connectivity index (χ3v) is 2.23. The Kier molecular flexibility index (Phi) is 4.78. The number of nitrogens with zero attached hydrogens (tertiary/aromatic N) is 1. The fourth-order valence-electron chi connectivity index (χ4n) is 1.34. The molecular formula is C12H17N3O2. The van der Waals surface area contributed by atoms with Crippen molar-refractivity contribution in [1.29, 1.82) is 0 Å². The van der Waals surface area contributed by atoms with Gasteiger partial charge in [0, 0.05) is 25.1 Å². The van der Waals surface area contributed by atoms with Crippen LogP contribution in [0.2, 0.25) is 0 Å². The normalized spacial score (nSPS) is 10.4. The molecule has 0 aliphatic rings. The van der Waals surface area contributed by atoms with Crippen molar-refractivity contribution in [3.8, 4) is 0 Å². The lowest BCUT2D eigenvalue weighted by molar-refractivity contribution is -0.116. The number of nitrogens with two attached hydrogens (primary N) is 1. The van der Waals surface area contributed by atoms with Gasteiger partial charge in [-0.15, -0.1) is 0 Å². The first-order valence-corrected chi connectivity index (χ1v) is 5.55. The first-order valence-electron chi connectivity index (χ1n) is 5.55. The van der Waals surface area contributed by atoms with Crippen molar-refractivity contribution in [2.75, 3.05) is 11.9 Å². The largest absolute Gasteiger partial charge is 0.330 e. The van der Waals surface area contributed by atoms with Crippen LogP contribution in [0.3, 0.4) is 0 Å². The topological polar surface area (TPSA) is 85.1 Å². The Morgan fingerprint density at radius 2 is 2.18 bits per heavy atom. The van der Waals surface area contributed by atoms with E-state index in [-0.39, 0.29) is 30.6 Å². The van der Waals surface area contributed by atoms with Crippen LogP contribution in [0.15, 0.2) is 18.3 Å². The first-order chi connectivity index (χ1) is 8.06. The Morgan fingerprint density at radius 3 is 2.76 bits per heavy atom. The van der Waals surface area contributed by atoms with Gasteiger partial charge in [0.25, 0.3) is 0 Å². The lowest BCUT2D eigenvalue weighted by Gasteiger charge is -2.10. The zero-order chi connectivity index (χ0) is 12.8. The molecule has 5 heteroatoms. The van der Waals surface area contributed by atoms with Crippen molar-refractivity contribution >= 4 is 17.5 Å². The van der Waals surface area contributed by atoms with E-state index < -0.39 is 0 Å². The Labute approximate surface area is 100 Å². The van der Waals surface area contributed by atoms with Crippen LogP contribution in [0.5, 0.6) is 0 Å². The smallest absolute Gasteiger partial charge is 0.226 e. The molecule has 1 aromatic rings. The number of amides is 1. The molecule has 5 nitrogen and oxygen atoms in total. The molecule has 17 heavy (non-hydrogen) atoms. The van der Waals surface area contributed by atoms with Crippen LogP contribution in [0.25, 0.3) is 0 Å². The molecular weight excluding hydrogens is 218 g/mol. The van der Waals surface area contributed by atoms with Crippen molar-refractivity contribution in [2.45, 2.75) is 20.3 Å². The molecule has 0 saturated heterocycles. The molecule has 0 aliphatic heterocycles. The Bertz CT molecular complexity index is 416. The van der Waals surface area contributed by atoms with Gasteiger partial charge in [-0.1, -0.05) is 13.8 Å². The molecule has 92 valence electrons. The summed E-state index contributed by atoms with van der Waals surface area (Å²) in [5, 5.41) is 2.60. The number of nitrogens with one attached hydrogen (secondary N) is 1. The highest BCUT2D eigenvalue weighted by Gasteiger charge is 2.16. The molecule has 0 aliphatic carbocycles. The number of pyridine rings is 1. The van der Waals surface area contributed by atoms with Gasteiger partial charge in [0.15, 0.2) is 5.78 Å². The number of rotatable bonds is 5. The molecule has 1 rings (SSSR count). The van der Waals surface area contributed by atoms with Crippen LogP contribution in [-0.4, -0.2) is 23.2 Å². The van der Waals surface area contributed by atoms with Gasteiger partial charge >= 0.3 is 0 Å². The minimum atomic E-state index is -0.232. The second-order valence-electron chi connectivity index (χ2n) is 4.01. The highest BCUT2D eigenvalue weighted by atomic mass is 16.1. The summed E-state index contributed by atoms with van der Waals surface area (Å²) in [6, 6.07) is 3.33. The number of carbonyl (C=O) groups excluding carboxylic acids is 2. The fourth-order valence-corrected chi connectivity index (χ4v) is 1.34. The van der Waals surface area contributed by atoms with E-state index in [1.54, 1.807) is 26.0 Å². The Balaban J connectivity index is 2.92. The zero-order valence-corrected chi connectivity index (χ0v) is 10.1. The highest BCUT2D eigenvalue weighted by Crippen LogP contribution is 2.16. The Hall–Kier alpha value is -1.75. The molecule has 0 radical (unpaired) electrons. The van der Waals surface area contributed by atoms with E-state index in [0.717, 1.165) is 0 Å². The Morgan fingerprint density at radius 1 is 1.47 bits per heavy atom. The number of hydrogen-bond donors (Lipinski definition) is 2. The summed E-state index contributed by atoms with van der Waals surface area (Å²) in [6.07, 6.45) is 1.75. The predicted molar refractivity (Wildman–Crippen MR) is 65.7 cm³/mol. The molecule has 0 spiro atoms. The molecule has 1 heterocycles. The number of aromatic nitrogens is 1. The van der Waals surface area contributed by atoms with E-state index in [1.165, 1.54) is 6.20 Å². The lowest BCUT2D eigenvalue weighted by atomic mass is 10.0. The summed E-state index contributed by atoms with van der Waals surface area (Å²) in [6.45, 7) is 3.88. The third-order valence-electron chi connectivity index (χ3n) is 2.23. The minimum absolute atomic E-state index is 0.0406. The van der Waals surface area contributed by atoms with Crippen LogP contribution in [0.1, 0.15) is 30.6 Å². The summed E-state index contributed by atoms with van der Waals surface area (Å²) in [5.41, 5.74) is 5.72. The molecule has 1 aromatic heterocycles. The summed E-state index contributed by atoms with van der Waals surface area (Å²) in [5.74, 6) is -0.0980. The molecule has 0 atom stereocenters. The average Bonchev–Trinajstić information content (AvgIpc) is 2.29. The first kappa shape index (κ1) is 13.3. The van der Waals surface area contributed by atoms with Gasteiger partial charge in [0.05, 0.1) is 5.56 Å². The quantitative estimate of drug-likeness (QED) is 0.751. The molecule has 1 amide bonds. The van der Waals surface area contributed by atoms with Crippen molar-refractivity contribution in [1.82, 2.24) is 4.98 Å². The maximum Gasteiger partial charge on any atom is 0.226 e. The zero-order valence-electron chi connectivity index (χ0n) is 10.1. The van der Waals surface area contributed by atoms with Crippen LogP contribution >= 0.6 is 0 Å². The van der Waals surface area contributed by atoms with Crippen molar-refractivity contribution < 1.29 is 9.59 Å². The van der Waals surface area contributed by atoms with Gasteiger partial charge in [-0.25, -0.2) is 4.98 Å². The van der Waals surface area contributed by atoms with Crippen LogP contribution < -0.4 is 11.1 Å². The molecule has 3 N–H and O–H groups in total. The monoisotopic (exact) mass is 235 g/mol. The van der Waals surface area contributed by atoms with Gasteiger partial charge in [-0.05, 0) is 12.1 Å². The van der Waals surface area contributed by atoms with E-state index in [9.17, 15) is 9.59 Å². The van der Waals surface area contributed by atoms with E-state index in [2.05, 4.69) is 10.3 Å². The third kappa shape index (κ3) is 3.64. The number of ketones is 1. The SMILES string of the molecule is CC(C)C(=O)c1cccnc1NC(=O)CCN. The van der Waals surface area contributed by atoms with Gasteiger partial charge in [-0.3, -0.25) is 9.59 Å². The number of Topliss-reactive ketones (excluding diaryl/α,β-unsaturated/α-hetero) is 1. The molecule has 0 saturated carbocycles. The minimum Gasteiger partial charge on any atom is -0.330 e. The van der Waals surface area contributed by atoms with Crippen molar-refractivity contribution in [2.24, 2.45) is 11.7 Å². The molecule has 0 aromatic carbocycles. The average molecular weight is 235 g/mol. The van der Waals surface area contributed by atoms with E-state index >= 15 is 0 Å². The standard InChI is InChI=1S/C12H17N3O2/c1-8(2)11(17)9-4-3-7-14-12(9)15-10(16)5-6-13/h3-4,7-8H,5-6,13H2,1-2H3,(H,14,15,16). The summed E-state index contributed by atoms with van der Waals surface area (Å²) >= 11 is 0. The van der Waals surface area contributed by atoms with Crippen molar-refractivity contribution in [3.05, 3.63) is 23.9 Å². The van der Waals surface area contributed by atoms with E-state index in [1.807, 2.05) is 0 Å². The number of carbonyl (C=O) groups is 2. The summed E-state index contributed by atoms with van der Waals surface area (Å²) in [4.78, 5) is 27.3. The molecule has 0 bridgehead atoms. The van der Waals surface area contributed by atoms with Crippen LogP contribution in [0, 0.1) is 5.92 Å². The van der Waals surface area contributed by atoms with E-state index in [0.29, 0.717) is 11.4 Å². The van der Waals surface area contributed by atoms with Crippen LogP contribution in [-0.2, 0) is 4.79 Å². The summed E-state index contributed by atoms with van der Waals surface area (Å²) < 4.78 is 0. The maximum absolute atomic E-state index is 11.9. The lowest BCUT2D eigenvalue weighted by Crippen LogP contribution is -2.20. The maximum atomic E-state index is 11.9. The molecule has 0 fully saturated rings. The van der Waals surface area contributed by atoms with Gasteiger partial charge in [0.1, 0.15) is 5.82 Å². The predicted octanol–water partition coefficient (Wildman–Crippen LogP) is 1.21. The second-order valence-corrected chi connectivity index (χ2v) is 4.01. The fraction of sp³-hybridized carbons (Fsp3) is 0.417. The van der Waals surface area contributed by atoms with Gasteiger partial charge in [0.2, 0.25) is 5.91 Å². The number of hydrogen-bond acceptors (Lipinski definition) is 4.